The summed E-state index contributed by atoms with van der Waals surface area (Å²) in [6.45, 7) is 4.46. The van der Waals surface area contributed by atoms with Crippen molar-refractivity contribution in [3.05, 3.63) is 90.5 Å². The number of benzene rings is 2. The van der Waals surface area contributed by atoms with Gasteiger partial charge in [0.2, 0.25) is 6.33 Å². The molecule has 3 rings (SSSR count). The quantitative estimate of drug-likeness (QED) is 0.236. The van der Waals surface area contributed by atoms with E-state index in [1.54, 1.807) is 0 Å². The zero-order valence-corrected chi connectivity index (χ0v) is 16.2. The molecule has 2 aromatic carbocycles. The molecule has 154 valence electrons. The van der Waals surface area contributed by atoms with E-state index in [1.165, 1.54) is 11.1 Å². The van der Waals surface area contributed by atoms with Crippen LogP contribution in [0.5, 0.6) is 0 Å². The maximum absolute atomic E-state index is 10.7. The van der Waals surface area contributed by atoms with Gasteiger partial charge in [0.15, 0.2) is 0 Å². The topological polar surface area (TPSA) is 8.81 Å². The maximum atomic E-state index is 9.87. The van der Waals surface area contributed by atoms with Gasteiger partial charge in [0, 0.05) is 0 Å². The molecule has 1 heterocycles. The van der Waals surface area contributed by atoms with Gasteiger partial charge in [0.05, 0.1) is 0 Å². The van der Waals surface area contributed by atoms with Crippen LogP contribution >= 0.6 is 7.81 Å². The summed E-state index contributed by atoms with van der Waals surface area (Å²) in [4.78, 5) is 0. The minimum atomic E-state index is -10.7. The molecule has 0 spiro atoms. The first-order chi connectivity index (χ1) is 12.7. The van der Waals surface area contributed by atoms with Crippen molar-refractivity contribution in [2.24, 2.45) is 0 Å². The summed E-state index contributed by atoms with van der Waals surface area (Å²) in [7, 11) is -10.7. The molecule has 0 unspecified atom stereocenters. The Hall–Kier alpha value is -2.34. The van der Waals surface area contributed by atoms with Crippen LogP contribution in [-0.2, 0) is 0 Å². The Morgan fingerprint density at radius 2 is 1.18 bits per heavy atom. The third kappa shape index (κ3) is 8.13. The average molecular weight is 422 g/mol. The minimum absolute atomic E-state index is 0.343. The summed E-state index contributed by atoms with van der Waals surface area (Å²) >= 11 is 0. The van der Waals surface area contributed by atoms with Gasteiger partial charge in [-0.3, -0.25) is 0 Å². The van der Waals surface area contributed by atoms with E-state index in [-0.39, 0.29) is 0 Å². The van der Waals surface area contributed by atoms with Crippen LogP contribution in [0.15, 0.2) is 79.4 Å². The molecule has 28 heavy (non-hydrogen) atoms. The monoisotopic (exact) mass is 422 g/mol. The normalized spacial score (nSPS) is 16.1. The first-order valence-electron chi connectivity index (χ1n) is 8.45. The van der Waals surface area contributed by atoms with E-state index in [1.807, 2.05) is 0 Å². The van der Waals surface area contributed by atoms with Crippen LogP contribution in [-0.4, -0.2) is 4.57 Å². The molecular weight excluding hydrogens is 401 g/mol. The van der Waals surface area contributed by atoms with E-state index in [0.717, 1.165) is 0 Å². The van der Waals surface area contributed by atoms with Crippen LogP contribution in [0.1, 0.15) is 37.1 Å². The molecule has 2 nitrogen and oxygen atoms in total. The Kier molecular flexibility index (Phi) is 5.68. The second-order valence-corrected chi connectivity index (χ2v) is 8.36. The molecule has 0 saturated heterocycles. The van der Waals surface area contributed by atoms with Crippen molar-refractivity contribution >= 4 is 7.81 Å². The summed E-state index contributed by atoms with van der Waals surface area (Å²) in [5, 5.41) is 0. The van der Waals surface area contributed by atoms with E-state index in [9.17, 15) is 25.2 Å². The summed E-state index contributed by atoms with van der Waals surface area (Å²) in [6.07, 6.45) is 6.49. The number of halogens is 6. The SMILES string of the molecule is C[C@H](c1ccccc1)n1cc[n+]([C@H](C)c2ccccc2)c1.F[P-](F)(F)(F)(F)F. The predicted molar refractivity (Wildman–Crippen MR) is 98.7 cm³/mol. The van der Waals surface area contributed by atoms with Crippen molar-refractivity contribution in [2.75, 3.05) is 0 Å². The van der Waals surface area contributed by atoms with Crippen molar-refractivity contribution in [1.82, 2.24) is 4.57 Å². The zero-order valence-electron chi connectivity index (χ0n) is 15.3. The molecule has 0 aliphatic carbocycles. The number of rotatable bonds is 4. The van der Waals surface area contributed by atoms with Crippen LogP contribution in [0.3, 0.4) is 0 Å². The Labute approximate surface area is 159 Å². The van der Waals surface area contributed by atoms with Crippen molar-refractivity contribution in [3.63, 3.8) is 0 Å². The molecule has 3 aromatic rings. The van der Waals surface area contributed by atoms with Crippen LogP contribution in [0.25, 0.3) is 0 Å². The fraction of sp³-hybridized carbons (Fsp3) is 0.211. The molecular formula is C19H21F6N2P. The Morgan fingerprint density at radius 3 is 1.64 bits per heavy atom. The number of nitrogens with zero attached hydrogens (tertiary/aromatic N) is 2. The average Bonchev–Trinajstić information content (AvgIpc) is 3.09. The summed E-state index contributed by atoms with van der Waals surface area (Å²) in [5.41, 5.74) is 2.65. The van der Waals surface area contributed by atoms with Gasteiger partial charge in [0.1, 0.15) is 24.5 Å². The third-order valence-electron chi connectivity index (χ3n) is 4.14. The zero-order chi connectivity index (χ0) is 21.1. The van der Waals surface area contributed by atoms with Gasteiger partial charge in [-0.2, -0.15) is 0 Å². The van der Waals surface area contributed by atoms with E-state index in [0.29, 0.717) is 12.1 Å². The van der Waals surface area contributed by atoms with Gasteiger partial charge in [-0.05, 0) is 25.0 Å². The van der Waals surface area contributed by atoms with Crippen molar-refractivity contribution < 1.29 is 29.7 Å². The van der Waals surface area contributed by atoms with Gasteiger partial charge >= 0.3 is 33.0 Å². The molecule has 0 bridgehead atoms. The van der Waals surface area contributed by atoms with Crippen molar-refractivity contribution in [1.29, 1.82) is 0 Å². The summed E-state index contributed by atoms with van der Waals surface area (Å²) < 4.78 is 63.7. The molecule has 0 fully saturated rings. The van der Waals surface area contributed by atoms with Crippen LogP contribution in [0.2, 0.25) is 0 Å². The first-order valence-corrected chi connectivity index (χ1v) is 10.5. The molecule has 0 saturated carbocycles. The Bertz CT molecular complexity index is 821. The Balaban J connectivity index is 0.000000345. The van der Waals surface area contributed by atoms with Gasteiger partial charge < -0.3 is 0 Å². The molecule has 0 aliphatic rings. The van der Waals surface area contributed by atoms with Gasteiger partial charge in [-0.15, -0.1) is 0 Å². The predicted octanol–water partition coefficient (Wildman–Crippen LogP) is 7.38. The fourth-order valence-electron chi connectivity index (χ4n) is 2.65. The van der Waals surface area contributed by atoms with E-state index < -0.39 is 7.81 Å². The van der Waals surface area contributed by atoms with Gasteiger partial charge in [0.25, 0.3) is 0 Å². The van der Waals surface area contributed by atoms with Crippen molar-refractivity contribution in [2.45, 2.75) is 25.9 Å². The number of imidazole rings is 1. The van der Waals surface area contributed by atoms with Gasteiger partial charge in [-0.1, -0.05) is 60.7 Å². The molecule has 0 N–H and O–H groups in total. The molecule has 1 aromatic heterocycles. The number of aromatic nitrogens is 2. The standard InChI is InChI=1S/C19H21N2.F6P/c1-16(18-9-5-3-6-10-18)20-13-14-21(15-20)17(2)19-11-7-4-8-12-19;1-7(2,3,4,5)6/h3-17H,1-2H3;/q+1;-1/t16-,17-;/m1./s1. The second-order valence-electron chi connectivity index (χ2n) is 6.44. The first kappa shape index (κ1) is 22.0. The fourth-order valence-corrected chi connectivity index (χ4v) is 2.65. The van der Waals surface area contributed by atoms with E-state index in [2.05, 4.69) is 102 Å². The summed E-state index contributed by atoms with van der Waals surface area (Å²) in [6, 6.07) is 21.9. The molecule has 9 heteroatoms. The van der Waals surface area contributed by atoms with Crippen LogP contribution in [0, 0.1) is 0 Å². The van der Waals surface area contributed by atoms with Crippen molar-refractivity contribution in [3.8, 4) is 0 Å². The van der Waals surface area contributed by atoms with Crippen LogP contribution in [0.4, 0.5) is 25.2 Å². The second kappa shape index (κ2) is 7.24. The van der Waals surface area contributed by atoms with Crippen LogP contribution < -0.4 is 4.57 Å². The van der Waals surface area contributed by atoms with E-state index >= 15 is 0 Å². The molecule has 0 aliphatic heterocycles. The molecule has 0 amide bonds. The molecule has 0 radical (unpaired) electrons. The number of hydrogen-bond donors (Lipinski definition) is 0. The summed E-state index contributed by atoms with van der Waals surface area (Å²) in [5.74, 6) is 0. The van der Waals surface area contributed by atoms with Gasteiger partial charge in [-0.25, -0.2) is 9.13 Å². The third-order valence-corrected chi connectivity index (χ3v) is 4.14. The number of hydrogen-bond acceptors (Lipinski definition) is 0. The van der Waals surface area contributed by atoms with E-state index in [4.69, 9.17) is 0 Å². The Morgan fingerprint density at radius 1 is 0.750 bits per heavy atom. The molecule has 2 atom stereocenters.